The topological polar surface area (TPSA) is 48.1 Å². The highest BCUT2D eigenvalue weighted by molar-refractivity contribution is 5.38. The van der Waals surface area contributed by atoms with Crippen molar-refractivity contribution >= 4 is 0 Å². The Morgan fingerprint density at radius 2 is 2.17 bits per heavy atom. The van der Waals surface area contributed by atoms with Gasteiger partial charge in [-0.2, -0.15) is 0 Å². The van der Waals surface area contributed by atoms with Crippen LogP contribution in [0.25, 0.3) is 0 Å². The van der Waals surface area contributed by atoms with Crippen molar-refractivity contribution < 1.29 is 4.74 Å². The van der Waals surface area contributed by atoms with Crippen molar-refractivity contribution in [3.05, 3.63) is 59.4 Å². The average molecular weight is 242 g/mol. The van der Waals surface area contributed by atoms with Crippen LogP contribution in [-0.4, -0.2) is 4.98 Å². The monoisotopic (exact) mass is 242 g/mol. The lowest BCUT2D eigenvalue weighted by atomic mass is 10.1. The summed E-state index contributed by atoms with van der Waals surface area (Å²) in [6, 6.07) is 9.94. The first-order valence-electron chi connectivity index (χ1n) is 6.04. The van der Waals surface area contributed by atoms with Crippen molar-refractivity contribution in [1.29, 1.82) is 0 Å². The first kappa shape index (κ1) is 12.6. The Labute approximate surface area is 108 Å². The smallest absolute Gasteiger partial charge is 0.124 e. The number of nitrogens with zero attached hydrogens (tertiary/aromatic N) is 1. The molecule has 0 saturated carbocycles. The maximum atomic E-state index is 5.96. The summed E-state index contributed by atoms with van der Waals surface area (Å²) in [5.74, 6) is 0.847. The van der Waals surface area contributed by atoms with Gasteiger partial charge in [0.15, 0.2) is 0 Å². The van der Waals surface area contributed by atoms with E-state index in [1.165, 1.54) is 5.56 Å². The van der Waals surface area contributed by atoms with Gasteiger partial charge in [0.05, 0.1) is 0 Å². The summed E-state index contributed by atoms with van der Waals surface area (Å²) in [5, 5.41) is 0. The number of hydrogen-bond acceptors (Lipinski definition) is 3. The van der Waals surface area contributed by atoms with E-state index < -0.39 is 0 Å². The number of nitrogens with two attached hydrogens (primary N) is 1. The molecule has 0 aliphatic carbocycles. The lowest BCUT2D eigenvalue weighted by Crippen LogP contribution is -2.08. The Kier molecular flexibility index (Phi) is 3.95. The molecule has 0 unspecified atom stereocenters. The third-order valence-electron chi connectivity index (χ3n) is 2.77. The molecule has 2 aromatic rings. The van der Waals surface area contributed by atoms with E-state index in [4.69, 9.17) is 10.5 Å². The number of hydrogen-bond donors (Lipinski definition) is 1. The molecule has 0 amide bonds. The van der Waals surface area contributed by atoms with Crippen LogP contribution in [0.2, 0.25) is 0 Å². The molecular weight excluding hydrogens is 224 g/mol. The van der Waals surface area contributed by atoms with Gasteiger partial charge in [0.25, 0.3) is 0 Å². The molecule has 0 aliphatic heterocycles. The van der Waals surface area contributed by atoms with Crippen LogP contribution in [0.15, 0.2) is 42.7 Å². The largest absolute Gasteiger partial charge is 0.489 e. The van der Waals surface area contributed by atoms with Gasteiger partial charge in [0.1, 0.15) is 12.4 Å². The minimum Gasteiger partial charge on any atom is -0.489 e. The van der Waals surface area contributed by atoms with Crippen molar-refractivity contribution in [2.24, 2.45) is 5.73 Å². The van der Waals surface area contributed by atoms with E-state index in [-0.39, 0.29) is 6.04 Å². The van der Waals surface area contributed by atoms with Crippen molar-refractivity contribution in [3.8, 4) is 5.75 Å². The summed E-state index contributed by atoms with van der Waals surface area (Å²) < 4.78 is 5.82. The first-order chi connectivity index (χ1) is 8.66. The summed E-state index contributed by atoms with van der Waals surface area (Å²) in [4.78, 5) is 4.06. The fourth-order valence-corrected chi connectivity index (χ4v) is 1.80. The molecule has 0 aliphatic rings. The highest BCUT2D eigenvalue weighted by atomic mass is 16.5. The number of rotatable bonds is 4. The molecule has 1 aromatic heterocycles. The third-order valence-corrected chi connectivity index (χ3v) is 2.77. The summed E-state index contributed by atoms with van der Waals surface area (Å²) in [7, 11) is 0. The van der Waals surface area contributed by atoms with E-state index in [1.807, 2.05) is 31.2 Å². The molecule has 1 aromatic carbocycles. The molecule has 2 rings (SSSR count). The maximum absolute atomic E-state index is 5.96. The second kappa shape index (κ2) is 5.65. The van der Waals surface area contributed by atoms with Gasteiger partial charge in [0.2, 0.25) is 0 Å². The Bertz CT molecular complexity index is 509. The predicted octanol–water partition coefficient (Wildman–Crippen LogP) is 2.99. The van der Waals surface area contributed by atoms with E-state index in [0.717, 1.165) is 16.9 Å². The lowest BCUT2D eigenvalue weighted by molar-refractivity contribution is 0.301. The van der Waals surface area contributed by atoms with Crippen LogP contribution in [0.3, 0.4) is 0 Å². The quantitative estimate of drug-likeness (QED) is 0.896. The van der Waals surface area contributed by atoms with Crippen LogP contribution in [0.4, 0.5) is 0 Å². The van der Waals surface area contributed by atoms with Crippen molar-refractivity contribution in [2.45, 2.75) is 26.5 Å². The molecule has 1 heterocycles. The third kappa shape index (κ3) is 3.08. The number of ether oxygens (including phenoxy) is 1. The zero-order valence-electron chi connectivity index (χ0n) is 10.8. The van der Waals surface area contributed by atoms with E-state index in [2.05, 4.69) is 18.0 Å². The number of pyridine rings is 1. The predicted molar refractivity (Wildman–Crippen MR) is 72.4 cm³/mol. The molecule has 0 spiro atoms. The molecule has 3 nitrogen and oxygen atoms in total. The summed E-state index contributed by atoms with van der Waals surface area (Å²) >= 11 is 0. The van der Waals surface area contributed by atoms with Crippen LogP contribution in [-0.2, 0) is 6.61 Å². The van der Waals surface area contributed by atoms with Crippen LogP contribution in [0.1, 0.15) is 29.7 Å². The summed E-state index contributed by atoms with van der Waals surface area (Å²) in [6.45, 7) is 4.53. The molecule has 2 N–H and O–H groups in total. The maximum Gasteiger partial charge on any atom is 0.124 e. The fourth-order valence-electron chi connectivity index (χ4n) is 1.80. The minimum absolute atomic E-state index is 0.0335. The second-order valence-electron chi connectivity index (χ2n) is 4.48. The highest BCUT2D eigenvalue weighted by Crippen LogP contribution is 2.25. The highest BCUT2D eigenvalue weighted by Gasteiger charge is 2.08. The van der Waals surface area contributed by atoms with E-state index in [9.17, 15) is 0 Å². The second-order valence-corrected chi connectivity index (χ2v) is 4.48. The molecule has 0 radical (unpaired) electrons. The van der Waals surface area contributed by atoms with Gasteiger partial charge >= 0.3 is 0 Å². The van der Waals surface area contributed by atoms with E-state index in [0.29, 0.717) is 6.61 Å². The Morgan fingerprint density at radius 3 is 2.83 bits per heavy atom. The van der Waals surface area contributed by atoms with Crippen molar-refractivity contribution in [3.63, 3.8) is 0 Å². The average Bonchev–Trinajstić information content (AvgIpc) is 2.38. The molecule has 94 valence electrons. The molecule has 0 fully saturated rings. The van der Waals surface area contributed by atoms with Crippen LogP contribution < -0.4 is 10.5 Å². The Hall–Kier alpha value is -1.87. The SMILES string of the molecule is Cc1ccc(OCc2cccnc2)c([C@H](C)N)c1. The molecular formula is C15H18N2O. The zero-order chi connectivity index (χ0) is 13.0. The number of benzene rings is 1. The normalized spacial score (nSPS) is 12.2. The molecule has 18 heavy (non-hydrogen) atoms. The Balaban J connectivity index is 2.14. The zero-order valence-corrected chi connectivity index (χ0v) is 10.8. The van der Waals surface area contributed by atoms with Gasteiger partial charge in [0, 0.05) is 29.6 Å². The Morgan fingerprint density at radius 1 is 1.33 bits per heavy atom. The summed E-state index contributed by atoms with van der Waals surface area (Å²) in [5.41, 5.74) is 9.24. The van der Waals surface area contributed by atoms with Gasteiger partial charge in [-0.15, -0.1) is 0 Å². The number of aryl methyl sites for hydroxylation is 1. The van der Waals surface area contributed by atoms with E-state index in [1.54, 1.807) is 12.4 Å². The molecule has 0 saturated heterocycles. The van der Waals surface area contributed by atoms with Crippen LogP contribution >= 0.6 is 0 Å². The molecule has 3 heteroatoms. The van der Waals surface area contributed by atoms with Crippen molar-refractivity contribution in [2.75, 3.05) is 0 Å². The van der Waals surface area contributed by atoms with Crippen LogP contribution in [0, 0.1) is 6.92 Å². The standard InChI is InChI=1S/C15H18N2O/c1-11-5-6-15(14(8-11)12(2)16)18-10-13-4-3-7-17-9-13/h3-9,12H,10,16H2,1-2H3/t12-/m0/s1. The first-order valence-corrected chi connectivity index (χ1v) is 6.04. The van der Waals surface area contributed by atoms with Gasteiger partial charge in [-0.3, -0.25) is 4.98 Å². The molecule has 1 atom stereocenters. The van der Waals surface area contributed by atoms with Crippen molar-refractivity contribution in [1.82, 2.24) is 4.98 Å². The van der Waals surface area contributed by atoms with Gasteiger partial charge < -0.3 is 10.5 Å². The fraction of sp³-hybridized carbons (Fsp3) is 0.267. The van der Waals surface area contributed by atoms with Crippen LogP contribution in [0.5, 0.6) is 5.75 Å². The number of aromatic nitrogens is 1. The van der Waals surface area contributed by atoms with Gasteiger partial charge in [-0.05, 0) is 26.0 Å². The minimum atomic E-state index is -0.0335. The van der Waals surface area contributed by atoms with Gasteiger partial charge in [-0.1, -0.05) is 23.8 Å². The molecule has 0 bridgehead atoms. The summed E-state index contributed by atoms with van der Waals surface area (Å²) in [6.07, 6.45) is 3.56. The van der Waals surface area contributed by atoms with E-state index >= 15 is 0 Å². The lowest BCUT2D eigenvalue weighted by Gasteiger charge is -2.14. The van der Waals surface area contributed by atoms with Gasteiger partial charge in [-0.25, -0.2) is 0 Å².